The second-order valence-electron chi connectivity index (χ2n) is 5.78. The fraction of sp³-hybridized carbons (Fsp3) is 0.235. The molecule has 21 heavy (non-hydrogen) atoms. The van der Waals surface area contributed by atoms with Crippen molar-refractivity contribution in [2.45, 2.75) is 24.4 Å². The number of hydrogen-bond donors (Lipinski definition) is 2. The van der Waals surface area contributed by atoms with Gasteiger partial charge in [0.15, 0.2) is 0 Å². The van der Waals surface area contributed by atoms with E-state index in [0.29, 0.717) is 5.56 Å². The number of hydrogen-bond acceptors (Lipinski definition) is 4. The van der Waals surface area contributed by atoms with E-state index >= 15 is 0 Å². The summed E-state index contributed by atoms with van der Waals surface area (Å²) < 4.78 is 5.48. The molecule has 4 atom stereocenters. The molecule has 5 rings (SSSR count). The van der Waals surface area contributed by atoms with Crippen molar-refractivity contribution < 1.29 is 14.9 Å². The summed E-state index contributed by atoms with van der Waals surface area (Å²) >= 11 is 0. The lowest BCUT2D eigenvalue weighted by atomic mass is 9.89. The van der Waals surface area contributed by atoms with E-state index in [4.69, 9.17) is 9.72 Å². The van der Waals surface area contributed by atoms with Gasteiger partial charge in [0.2, 0.25) is 0 Å². The van der Waals surface area contributed by atoms with Crippen molar-refractivity contribution in [3.05, 3.63) is 53.7 Å². The van der Waals surface area contributed by atoms with Gasteiger partial charge in [-0.1, -0.05) is 36.4 Å². The zero-order valence-electron chi connectivity index (χ0n) is 11.1. The third-order valence-electron chi connectivity index (χ3n) is 4.54. The average molecular weight is 279 g/mol. The van der Waals surface area contributed by atoms with Crippen LogP contribution in [0.15, 0.2) is 42.5 Å². The molecule has 4 nitrogen and oxygen atoms in total. The molecule has 2 N–H and O–H groups in total. The molecule has 1 aliphatic carbocycles. The van der Waals surface area contributed by atoms with Crippen LogP contribution in [0.25, 0.3) is 21.7 Å². The minimum absolute atomic E-state index is 0.179. The Morgan fingerprint density at radius 1 is 1.00 bits per heavy atom. The van der Waals surface area contributed by atoms with E-state index in [-0.39, 0.29) is 12.2 Å². The summed E-state index contributed by atoms with van der Waals surface area (Å²) in [5.74, 6) is 0. The lowest BCUT2D eigenvalue weighted by molar-refractivity contribution is -0.000201. The molecular weight excluding hydrogens is 266 g/mol. The van der Waals surface area contributed by atoms with Gasteiger partial charge < -0.3 is 14.9 Å². The van der Waals surface area contributed by atoms with E-state index < -0.39 is 12.2 Å². The summed E-state index contributed by atoms with van der Waals surface area (Å²) in [6.07, 6.45) is -2.27. The fourth-order valence-corrected chi connectivity index (χ4v) is 3.37. The zero-order chi connectivity index (χ0) is 14.1. The molecule has 2 heterocycles. The quantitative estimate of drug-likeness (QED) is 0.489. The molecule has 1 fully saturated rings. The molecule has 0 spiro atoms. The maximum Gasteiger partial charge on any atom is 0.129 e. The molecule has 0 radical (unpaired) electrons. The van der Waals surface area contributed by atoms with Crippen LogP contribution in [0.1, 0.15) is 23.5 Å². The van der Waals surface area contributed by atoms with Crippen molar-refractivity contribution in [1.82, 2.24) is 4.98 Å². The smallest absolute Gasteiger partial charge is 0.129 e. The van der Waals surface area contributed by atoms with Crippen molar-refractivity contribution in [2.24, 2.45) is 0 Å². The van der Waals surface area contributed by atoms with Crippen LogP contribution in [0.3, 0.4) is 0 Å². The van der Waals surface area contributed by atoms with Crippen molar-refractivity contribution in [3.63, 3.8) is 0 Å². The second-order valence-corrected chi connectivity index (χ2v) is 5.78. The highest BCUT2D eigenvalue weighted by molar-refractivity contribution is 6.05. The van der Waals surface area contributed by atoms with E-state index in [1.54, 1.807) is 0 Å². The number of ether oxygens (including phenoxy) is 1. The molecule has 4 heteroatoms. The lowest BCUT2D eigenvalue weighted by Gasteiger charge is -2.23. The third kappa shape index (κ3) is 1.47. The SMILES string of the molecule is OC1c2cc3ccc4ccccc4c3nc2C2OC2C1O. The lowest BCUT2D eigenvalue weighted by Crippen LogP contribution is -2.29. The number of aliphatic hydroxyl groups is 2. The maximum absolute atomic E-state index is 10.2. The monoisotopic (exact) mass is 279 g/mol. The summed E-state index contributed by atoms with van der Waals surface area (Å²) in [5.41, 5.74) is 2.37. The molecule has 0 bridgehead atoms. The van der Waals surface area contributed by atoms with Crippen LogP contribution in [0, 0.1) is 0 Å². The molecule has 0 saturated carbocycles. The second kappa shape index (κ2) is 3.80. The Morgan fingerprint density at radius 2 is 1.81 bits per heavy atom. The molecule has 104 valence electrons. The molecule has 1 aromatic heterocycles. The van der Waals surface area contributed by atoms with E-state index in [0.717, 1.165) is 27.4 Å². The number of aliphatic hydroxyl groups excluding tert-OH is 2. The third-order valence-corrected chi connectivity index (χ3v) is 4.54. The summed E-state index contributed by atoms with van der Waals surface area (Å²) in [6.45, 7) is 0. The normalized spacial score (nSPS) is 30.2. The fourth-order valence-electron chi connectivity index (χ4n) is 3.37. The van der Waals surface area contributed by atoms with E-state index in [1.807, 2.05) is 30.3 Å². The number of pyridine rings is 1. The van der Waals surface area contributed by atoms with Crippen LogP contribution < -0.4 is 0 Å². The van der Waals surface area contributed by atoms with Gasteiger partial charge in [-0.3, -0.25) is 0 Å². The Bertz CT molecular complexity index is 892. The highest BCUT2D eigenvalue weighted by atomic mass is 16.6. The predicted molar refractivity (Wildman–Crippen MR) is 77.8 cm³/mol. The van der Waals surface area contributed by atoms with Crippen LogP contribution in [0.2, 0.25) is 0 Å². The van der Waals surface area contributed by atoms with Gasteiger partial charge in [-0.15, -0.1) is 0 Å². The molecule has 1 aliphatic heterocycles. The van der Waals surface area contributed by atoms with Crippen molar-refractivity contribution in [3.8, 4) is 0 Å². The average Bonchev–Trinajstić information content (AvgIpc) is 3.32. The van der Waals surface area contributed by atoms with Gasteiger partial charge in [0.1, 0.15) is 24.4 Å². The molecular formula is C17H13NO3. The predicted octanol–water partition coefficient (Wildman–Crippen LogP) is 2.24. The zero-order valence-corrected chi connectivity index (χ0v) is 11.1. The highest BCUT2D eigenvalue weighted by Gasteiger charge is 2.54. The van der Waals surface area contributed by atoms with E-state index in [9.17, 15) is 10.2 Å². The number of rotatable bonds is 0. The number of nitrogens with zero attached hydrogens (tertiary/aromatic N) is 1. The van der Waals surface area contributed by atoms with Crippen LogP contribution in [0.5, 0.6) is 0 Å². The first-order valence-electron chi connectivity index (χ1n) is 7.08. The summed E-state index contributed by atoms with van der Waals surface area (Å²) in [5, 5.41) is 23.4. The molecule has 4 unspecified atom stereocenters. The minimum Gasteiger partial charge on any atom is -0.387 e. The standard InChI is InChI=1S/C17H13NO3/c19-14-11-7-9-6-5-8-3-1-2-4-10(8)12(9)18-13(11)16-17(21-16)15(14)20/h1-7,14-17,19-20H. The number of fused-ring (bicyclic) bond motifs is 6. The van der Waals surface area contributed by atoms with Crippen molar-refractivity contribution >= 4 is 21.7 Å². The Morgan fingerprint density at radius 3 is 2.71 bits per heavy atom. The van der Waals surface area contributed by atoms with Crippen molar-refractivity contribution in [1.29, 1.82) is 0 Å². The maximum atomic E-state index is 10.2. The van der Waals surface area contributed by atoms with Gasteiger partial charge in [0, 0.05) is 16.3 Å². The summed E-state index contributed by atoms with van der Waals surface area (Å²) in [7, 11) is 0. The molecule has 2 aromatic carbocycles. The van der Waals surface area contributed by atoms with Crippen LogP contribution in [0.4, 0.5) is 0 Å². The molecule has 3 aromatic rings. The largest absolute Gasteiger partial charge is 0.387 e. The Hall–Kier alpha value is -2.01. The van der Waals surface area contributed by atoms with Crippen LogP contribution in [-0.4, -0.2) is 27.4 Å². The molecule has 1 saturated heterocycles. The van der Waals surface area contributed by atoms with E-state index in [1.165, 1.54) is 0 Å². The summed E-state index contributed by atoms with van der Waals surface area (Å²) in [6, 6.07) is 14.1. The van der Waals surface area contributed by atoms with E-state index in [2.05, 4.69) is 12.1 Å². The van der Waals surface area contributed by atoms with Gasteiger partial charge in [0.25, 0.3) is 0 Å². The first kappa shape index (κ1) is 11.6. The summed E-state index contributed by atoms with van der Waals surface area (Å²) in [4.78, 5) is 4.76. The number of epoxide rings is 1. The number of benzene rings is 2. The van der Waals surface area contributed by atoms with Crippen molar-refractivity contribution in [2.75, 3.05) is 0 Å². The Kier molecular flexibility index (Phi) is 2.10. The van der Waals surface area contributed by atoms with Gasteiger partial charge in [-0.2, -0.15) is 0 Å². The van der Waals surface area contributed by atoms with Gasteiger partial charge >= 0.3 is 0 Å². The van der Waals surface area contributed by atoms with Gasteiger partial charge in [-0.05, 0) is 11.5 Å². The first-order valence-corrected chi connectivity index (χ1v) is 7.08. The van der Waals surface area contributed by atoms with Gasteiger partial charge in [0.05, 0.1) is 11.2 Å². The minimum atomic E-state index is -0.924. The first-order chi connectivity index (χ1) is 10.2. The molecule has 0 amide bonds. The molecule has 2 aliphatic rings. The highest BCUT2D eigenvalue weighted by Crippen LogP contribution is 2.50. The number of aromatic nitrogens is 1. The van der Waals surface area contributed by atoms with Crippen LogP contribution in [-0.2, 0) is 4.74 Å². The topological polar surface area (TPSA) is 65.9 Å². The van der Waals surface area contributed by atoms with Crippen LogP contribution >= 0.6 is 0 Å². The van der Waals surface area contributed by atoms with Gasteiger partial charge in [-0.25, -0.2) is 4.98 Å². The Balaban J connectivity index is 1.86. The Labute approximate surface area is 120 Å².